The molecule has 0 aromatic heterocycles. The van der Waals surface area contributed by atoms with Gasteiger partial charge >= 0.3 is 0 Å². The summed E-state index contributed by atoms with van der Waals surface area (Å²) in [5.41, 5.74) is 9.89. The van der Waals surface area contributed by atoms with Gasteiger partial charge in [-0.15, -0.1) is 0 Å². The summed E-state index contributed by atoms with van der Waals surface area (Å²) in [6.45, 7) is 3.47. The zero-order chi connectivity index (χ0) is 14.7. The first kappa shape index (κ1) is 14.0. The lowest BCUT2D eigenvalue weighted by Gasteiger charge is -2.14. The van der Waals surface area contributed by atoms with Crippen LogP contribution in [0.2, 0.25) is 0 Å². The molecule has 1 atom stereocenters. The first-order valence-corrected chi connectivity index (χ1v) is 7.43. The van der Waals surface area contributed by atoms with Crippen molar-refractivity contribution in [3.8, 4) is 11.5 Å². The first-order valence-electron chi connectivity index (χ1n) is 7.43. The zero-order valence-corrected chi connectivity index (χ0v) is 12.3. The van der Waals surface area contributed by atoms with Crippen molar-refractivity contribution in [3.05, 3.63) is 59.2 Å². The van der Waals surface area contributed by atoms with Crippen LogP contribution in [-0.2, 0) is 6.42 Å². The van der Waals surface area contributed by atoms with Crippen LogP contribution in [0.1, 0.15) is 29.2 Å². The first-order chi connectivity index (χ1) is 10.2. The lowest BCUT2D eigenvalue weighted by molar-refractivity contribution is 0.298. The van der Waals surface area contributed by atoms with Crippen molar-refractivity contribution >= 4 is 0 Å². The van der Waals surface area contributed by atoms with Crippen molar-refractivity contribution in [1.29, 1.82) is 0 Å². The summed E-state index contributed by atoms with van der Waals surface area (Å²) in [5.74, 6) is 1.91. The van der Waals surface area contributed by atoms with Gasteiger partial charge in [0.2, 0.25) is 0 Å². The minimum absolute atomic E-state index is 0.000657. The van der Waals surface area contributed by atoms with Crippen LogP contribution in [0.3, 0.4) is 0 Å². The Morgan fingerprint density at radius 2 is 2.14 bits per heavy atom. The third kappa shape index (κ3) is 3.37. The summed E-state index contributed by atoms with van der Waals surface area (Å²) in [6.07, 6.45) is 1.78. The molecule has 110 valence electrons. The maximum absolute atomic E-state index is 6.26. The largest absolute Gasteiger partial charge is 0.494 e. The Labute approximate surface area is 125 Å². The standard InChI is InChI=1S/C18H21NO2/c1-13-3-2-4-16(11-13)20-10-8-17(19)14-5-6-18-15(12-14)7-9-21-18/h2-6,11-12,17H,7-10,19H2,1H3. The van der Waals surface area contributed by atoms with E-state index in [-0.39, 0.29) is 6.04 Å². The van der Waals surface area contributed by atoms with E-state index in [0.29, 0.717) is 6.61 Å². The lowest BCUT2D eigenvalue weighted by atomic mass is 10.0. The molecule has 0 amide bonds. The fraction of sp³-hybridized carbons (Fsp3) is 0.333. The van der Waals surface area contributed by atoms with Crippen LogP contribution in [0.25, 0.3) is 0 Å². The van der Waals surface area contributed by atoms with Gasteiger partial charge in [-0.2, -0.15) is 0 Å². The van der Waals surface area contributed by atoms with Crippen molar-refractivity contribution in [2.75, 3.05) is 13.2 Å². The zero-order valence-electron chi connectivity index (χ0n) is 12.3. The molecular weight excluding hydrogens is 262 g/mol. The molecule has 2 aromatic rings. The number of aryl methyl sites for hydroxylation is 1. The highest BCUT2D eigenvalue weighted by Crippen LogP contribution is 2.28. The van der Waals surface area contributed by atoms with E-state index >= 15 is 0 Å². The molecule has 0 saturated carbocycles. The van der Waals surface area contributed by atoms with E-state index in [1.807, 2.05) is 24.3 Å². The van der Waals surface area contributed by atoms with E-state index in [4.69, 9.17) is 15.2 Å². The van der Waals surface area contributed by atoms with Crippen LogP contribution >= 0.6 is 0 Å². The van der Waals surface area contributed by atoms with Crippen LogP contribution in [0.5, 0.6) is 11.5 Å². The van der Waals surface area contributed by atoms with Crippen LogP contribution in [-0.4, -0.2) is 13.2 Å². The molecular formula is C18H21NO2. The van der Waals surface area contributed by atoms with Crippen molar-refractivity contribution < 1.29 is 9.47 Å². The van der Waals surface area contributed by atoms with Gasteiger partial charge in [0.1, 0.15) is 11.5 Å². The average molecular weight is 283 g/mol. The van der Waals surface area contributed by atoms with Crippen LogP contribution in [0.4, 0.5) is 0 Å². The Morgan fingerprint density at radius 3 is 3.00 bits per heavy atom. The number of ether oxygens (including phenoxy) is 2. The van der Waals surface area contributed by atoms with Crippen LogP contribution in [0.15, 0.2) is 42.5 Å². The monoisotopic (exact) mass is 283 g/mol. The predicted molar refractivity (Wildman–Crippen MR) is 83.9 cm³/mol. The second-order valence-corrected chi connectivity index (χ2v) is 5.53. The predicted octanol–water partition coefficient (Wildman–Crippen LogP) is 3.40. The second kappa shape index (κ2) is 6.19. The number of hydrogen-bond acceptors (Lipinski definition) is 3. The van der Waals surface area contributed by atoms with E-state index in [9.17, 15) is 0 Å². The molecule has 1 aliphatic heterocycles. The number of fused-ring (bicyclic) bond motifs is 1. The highest BCUT2D eigenvalue weighted by atomic mass is 16.5. The van der Waals surface area contributed by atoms with Gasteiger partial charge in [-0.3, -0.25) is 0 Å². The SMILES string of the molecule is Cc1cccc(OCCC(N)c2ccc3c(c2)CCO3)c1. The molecule has 1 heterocycles. The maximum atomic E-state index is 6.26. The van der Waals surface area contributed by atoms with Gasteiger partial charge in [0.05, 0.1) is 13.2 Å². The summed E-state index contributed by atoms with van der Waals surface area (Å²) in [5, 5.41) is 0. The van der Waals surface area contributed by atoms with Crippen LogP contribution in [0, 0.1) is 6.92 Å². The maximum Gasteiger partial charge on any atom is 0.122 e. The highest BCUT2D eigenvalue weighted by Gasteiger charge is 2.14. The fourth-order valence-corrected chi connectivity index (χ4v) is 2.61. The van der Waals surface area contributed by atoms with E-state index < -0.39 is 0 Å². The Morgan fingerprint density at radius 1 is 1.24 bits per heavy atom. The summed E-state index contributed by atoms with van der Waals surface area (Å²) in [7, 11) is 0. The Kier molecular flexibility index (Phi) is 4.11. The molecule has 0 bridgehead atoms. The van der Waals surface area contributed by atoms with Gasteiger partial charge in [-0.25, -0.2) is 0 Å². The van der Waals surface area contributed by atoms with Crippen molar-refractivity contribution in [2.24, 2.45) is 5.73 Å². The van der Waals surface area contributed by atoms with E-state index in [2.05, 4.69) is 25.1 Å². The molecule has 1 unspecified atom stereocenters. The molecule has 2 aromatic carbocycles. The Bertz CT molecular complexity index is 624. The number of benzene rings is 2. The van der Waals surface area contributed by atoms with E-state index in [0.717, 1.165) is 36.5 Å². The topological polar surface area (TPSA) is 44.5 Å². The number of hydrogen-bond donors (Lipinski definition) is 1. The third-order valence-corrected chi connectivity index (χ3v) is 3.83. The number of rotatable bonds is 5. The molecule has 0 fully saturated rings. The van der Waals surface area contributed by atoms with E-state index in [1.165, 1.54) is 11.1 Å². The van der Waals surface area contributed by atoms with Gasteiger partial charge in [-0.05, 0) is 41.8 Å². The second-order valence-electron chi connectivity index (χ2n) is 5.53. The summed E-state index contributed by atoms with van der Waals surface area (Å²) < 4.78 is 11.3. The summed E-state index contributed by atoms with van der Waals surface area (Å²) >= 11 is 0. The fourth-order valence-electron chi connectivity index (χ4n) is 2.61. The van der Waals surface area contributed by atoms with E-state index in [1.54, 1.807) is 0 Å². The summed E-state index contributed by atoms with van der Waals surface area (Å²) in [6, 6.07) is 14.3. The lowest BCUT2D eigenvalue weighted by Crippen LogP contribution is -2.14. The molecule has 0 saturated heterocycles. The smallest absolute Gasteiger partial charge is 0.122 e. The third-order valence-electron chi connectivity index (χ3n) is 3.83. The van der Waals surface area contributed by atoms with Gasteiger partial charge in [0.25, 0.3) is 0 Å². The molecule has 3 rings (SSSR count). The minimum Gasteiger partial charge on any atom is -0.494 e. The molecule has 0 radical (unpaired) electrons. The molecule has 3 nitrogen and oxygen atoms in total. The normalized spacial score (nSPS) is 14.4. The molecule has 0 aliphatic carbocycles. The quantitative estimate of drug-likeness (QED) is 0.914. The van der Waals surface area contributed by atoms with Gasteiger partial charge < -0.3 is 15.2 Å². The molecule has 1 aliphatic rings. The van der Waals surface area contributed by atoms with Crippen LogP contribution < -0.4 is 15.2 Å². The minimum atomic E-state index is 0.000657. The Hall–Kier alpha value is -2.00. The number of nitrogens with two attached hydrogens (primary N) is 1. The van der Waals surface area contributed by atoms with Crippen molar-refractivity contribution in [1.82, 2.24) is 0 Å². The van der Waals surface area contributed by atoms with Gasteiger partial charge in [0, 0.05) is 18.9 Å². The Balaban J connectivity index is 1.55. The van der Waals surface area contributed by atoms with Crippen molar-refractivity contribution in [2.45, 2.75) is 25.8 Å². The van der Waals surface area contributed by atoms with Gasteiger partial charge in [-0.1, -0.05) is 24.3 Å². The van der Waals surface area contributed by atoms with Gasteiger partial charge in [0.15, 0.2) is 0 Å². The van der Waals surface area contributed by atoms with Crippen molar-refractivity contribution in [3.63, 3.8) is 0 Å². The molecule has 2 N–H and O–H groups in total. The highest BCUT2D eigenvalue weighted by molar-refractivity contribution is 5.40. The summed E-state index contributed by atoms with van der Waals surface area (Å²) in [4.78, 5) is 0. The molecule has 3 heteroatoms. The molecule has 21 heavy (non-hydrogen) atoms. The average Bonchev–Trinajstić information content (AvgIpc) is 2.94. The molecule has 0 spiro atoms.